The van der Waals surface area contributed by atoms with Crippen molar-refractivity contribution in [3.05, 3.63) is 21.9 Å². The fourth-order valence-electron chi connectivity index (χ4n) is 4.20. The first-order chi connectivity index (χ1) is 10.2. The summed E-state index contributed by atoms with van der Waals surface area (Å²) in [7, 11) is 0. The van der Waals surface area contributed by atoms with E-state index in [-0.39, 0.29) is 12.0 Å². The van der Waals surface area contributed by atoms with E-state index in [9.17, 15) is 4.79 Å². The zero-order chi connectivity index (χ0) is 14.4. The molecule has 4 rings (SSSR count). The number of carbonyl (C=O) groups excluding carboxylic acids is 1. The second-order valence-electron chi connectivity index (χ2n) is 6.99. The second kappa shape index (κ2) is 5.40. The van der Waals surface area contributed by atoms with Crippen LogP contribution in [0.5, 0.6) is 0 Å². The van der Waals surface area contributed by atoms with Crippen LogP contribution in [0.25, 0.3) is 0 Å². The lowest BCUT2D eigenvalue weighted by atomic mass is 9.84. The van der Waals surface area contributed by atoms with Crippen LogP contribution in [0.3, 0.4) is 0 Å². The topological polar surface area (TPSA) is 46.3 Å². The lowest BCUT2D eigenvalue weighted by molar-refractivity contribution is -0.140. The third kappa shape index (κ3) is 2.53. The van der Waals surface area contributed by atoms with Gasteiger partial charge in [0.05, 0.1) is 6.04 Å². The Kier molecular flexibility index (Phi) is 3.54. The fourth-order valence-corrected chi connectivity index (χ4v) is 5.11. The number of rotatable bonds is 2. The highest BCUT2D eigenvalue weighted by molar-refractivity contribution is 7.10. The SMILES string of the molecule is NC1CCCC(C(=O)N2CCc3sccc3C2C2CC2)C1. The minimum absolute atomic E-state index is 0.176. The fraction of sp³-hybridized carbons (Fsp3) is 0.706. The molecule has 0 aromatic carbocycles. The molecule has 1 amide bonds. The van der Waals surface area contributed by atoms with Crippen molar-refractivity contribution in [2.75, 3.05) is 6.54 Å². The average Bonchev–Trinajstić information content (AvgIpc) is 3.22. The summed E-state index contributed by atoms with van der Waals surface area (Å²) in [6.45, 7) is 0.916. The van der Waals surface area contributed by atoms with Crippen LogP contribution in [0.15, 0.2) is 11.4 Å². The number of hydrogen-bond acceptors (Lipinski definition) is 3. The molecule has 2 heterocycles. The predicted octanol–water partition coefficient (Wildman–Crippen LogP) is 3.10. The normalized spacial score (nSPS) is 32.8. The van der Waals surface area contributed by atoms with Gasteiger partial charge in [0.25, 0.3) is 0 Å². The molecular weight excluding hydrogens is 280 g/mol. The Morgan fingerprint density at radius 2 is 2.14 bits per heavy atom. The standard InChI is InChI=1S/C17H24N2OS/c18-13-3-1-2-12(10-13)17(20)19-8-6-15-14(7-9-21-15)16(19)11-4-5-11/h7,9,11-13,16H,1-6,8,10,18H2. The maximum absolute atomic E-state index is 13.0. The zero-order valence-corrected chi connectivity index (χ0v) is 13.3. The van der Waals surface area contributed by atoms with Gasteiger partial charge in [0.1, 0.15) is 0 Å². The Labute approximate surface area is 130 Å². The molecule has 3 nitrogen and oxygen atoms in total. The molecule has 21 heavy (non-hydrogen) atoms. The van der Waals surface area contributed by atoms with Gasteiger partial charge in [0.2, 0.25) is 5.91 Å². The molecule has 2 fully saturated rings. The third-order valence-corrected chi connectivity index (χ3v) is 6.43. The van der Waals surface area contributed by atoms with E-state index >= 15 is 0 Å². The monoisotopic (exact) mass is 304 g/mol. The minimum Gasteiger partial charge on any atom is -0.335 e. The molecule has 3 atom stereocenters. The van der Waals surface area contributed by atoms with Crippen molar-refractivity contribution >= 4 is 17.2 Å². The van der Waals surface area contributed by atoms with Gasteiger partial charge in [0.15, 0.2) is 0 Å². The lowest BCUT2D eigenvalue weighted by Crippen LogP contribution is -2.45. The molecule has 1 aliphatic heterocycles. The first-order valence-electron chi connectivity index (χ1n) is 8.36. The average molecular weight is 304 g/mol. The quantitative estimate of drug-likeness (QED) is 0.912. The second-order valence-corrected chi connectivity index (χ2v) is 7.99. The molecule has 0 bridgehead atoms. The van der Waals surface area contributed by atoms with E-state index in [2.05, 4.69) is 16.3 Å². The number of fused-ring (bicyclic) bond motifs is 1. The Hall–Kier alpha value is -0.870. The highest BCUT2D eigenvalue weighted by Gasteiger charge is 2.43. The molecule has 3 unspecified atom stereocenters. The van der Waals surface area contributed by atoms with Gasteiger partial charge in [-0.1, -0.05) is 6.42 Å². The van der Waals surface area contributed by atoms with E-state index in [1.807, 2.05) is 11.3 Å². The highest BCUT2D eigenvalue weighted by atomic mass is 32.1. The first-order valence-corrected chi connectivity index (χ1v) is 9.24. The Morgan fingerprint density at radius 3 is 2.90 bits per heavy atom. The molecule has 2 aliphatic carbocycles. The summed E-state index contributed by atoms with van der Waals surface area (Å²) < 4.78 is 0. The molecule has 0 saturated heterocycles. The Bertz CT molecular complexity index is 537. The van der Waals surface area contributed by atoms with Gasteiger partial charge in [-0.3, -0.25) is 4.79 Å². The van der Waals surface area contributed by atoms with Crippen LogP contribution in [0.2, 0.25) is 0 Å². The van der Waals surface area contributed by atoms with Crippen molar-refractivity contribution in [1.29, 1.82) is 0 Å². The number of nitrogens with two attached hydrogens (primary N) is 1. The largest absolute Gasteiger partial charge is 0.335 e. The molecule has 2 N–H and O–H groups in total. The minimum atomic E-state index is 0.176. The van der Waals surface area contributed by atoms with Crippen LogP contribution in [0, 0.1) is 11.8 Å². The van der Waals surface area contributed by atoms with Crippen molar-refractivity contribution < 1.29 is 4.79 Å². The van der Waals surface area contributed by atoms with Crippen LogP contribution in [0.1, 0.15) is 55.0 Å². The molecule has 1 aromatic rings. The van der Waals surface area contributed by atoms with Gasteiger partial charge < -0.3 is 10.6 Å². The molecule has 0 spiro atoms. The number of carbonyl (C=O) groups is 1. The van der Waals surface area contributed by atoms with Crippen molar-refractivity contribution in [3.8, 4) is 0 Å². The van der Waals surface area contributed by atoms with E-state index in [4.69, 9.17) is 5.73 Å². The van der Waals surface area contributed by atoms with Crippen molar-refractivity contribution in [2.45, 2.75) is 57.0 Å². The van der Waals surface area contributed by atoms with E-state index in [0.29, 0.717) is 17.9 Å². The van der Waals surface area contributed by atoms with Crippen molar-refractivity contribution in [3.63, 3.8) is 0 Å². The number of amides is 1. The summed E-state index contributed by atoms with van der Waals surface area (Å²) in [6.07, 6.45) is 7.75. The molecule has 2 saturated carbocycles. The number of thiophene rings is 1. The van der Waals surface area contributed by atoms with Gasteiger partial charge in [-0.05, 0) is 61.5 Å². The third-order valence-electron chi connectivity index (χ3n) is 5.43. The van der Waals surface area contributed by atoms with Gasteiger partial charge in [0, 0.05) is 23.4 Å². The Balaban J connectivity index is 1.57. The van der Waals surface area contributed by atoms with Gasteiger partial charge >= 0.3 is 0 Å². The van der Waals surface area contributed by atoms with E-state index in [0.717, 1.165) is 38.6 Å². The van der Waals surface area contributed by atoms with E-state index < -0.39 is 0 Å². The van der Waals surface area contributed by atoms with Gasteiger partial charge in [-0.15, -0.1) is 11.3 Å². The first kappa shape index (κ1) is 13.8. The lowest BCUT2D eigenvalue weighted by Gasteiger charge is -2.39. The maximum Gasteiger partial charge on any atom is 0.226 e. The van der Waals surface area contributed by atoms with Gasteiger partial charge in [-0.25, -0.2) is 0 Å². The highest BCUT2D eigenvalue weighted by Crippen LogP contribution is 2.49. The molecule has 0 radical (unpaired) electrons. The van der Waals surface area contributed by atoms with E-state index in [1.54, 1.807) is 0 Å². The van der Waals surface area contributed by atoms with Gasteiger partial charge in [-0.2, -0.15) is 0 Å². The molecular formula is C17H24N2OS. The summed E-state index contributed by atoms with van der Waals surface area (Å²) in [5, 5.41) is 2.20. The zero-order valence-electron chi connectivity index (χ0n) is 12.5. The summed E-state index contributed by atoms with van der Waals surface area (Å²) in [5.74, 6) is 1.27. The Morgan fingerprint density at radius 1 is 1.29 bits per heavy atom. The van der Waals surface area contributed by atoms with Crippen molar-refractivity contribution in [1.82, 2.24) is 4.90 Å². The molecule has 4 heteroatoms. The smallest absolute Gasteiger partial charge is 0.226 e. The summed E-state index contributed by atoms with van der Waals surface area (Å²) >= 11 is 1.87. The van der Waals surface area contributed by atoms with E-state index in [1.165, 1.54) is 23.3 Å². The van der Waals surface area contributed by atoms with Crippen LogP contribution < -0.4 is 5.73 Å². The number of hydrogen-bond donors (Lipinski definition) is 1. The molecule has 114 valence electrons. The van der Waals surface area contributed by atoms with Crippen LogP contribution in [-0.4, -0.2) is 23.4 Å². The van der Waals surface area contributed by atoms with Crippen molar-refractivity contribution in [2.24, 2.45) is 17.6 Å². The predicted molar refractivity (Wildman–Crippen MR) is 85.1 cm³/mol. The molecule has 3 aliphatic rings. The van der Waals surface area contributed by atoms with Crippen LogP contribution >= 0.6 is 11.3 Å². The van der Waals surface area contributed by atoms with Crippen LogP contribution in [0.4, 0.5) is 0 Å². The number of nitrogens with zero attached hydrogens (tertiary/aromatic N) is 1. The summed E-state index contributed by atoms with van der Waals surface area (Å²) in [4.78, 5) is 16.8. The summed E-state index contributed by atoms with van der Waals surface area (Å²) in [5.41, 5.74) is 7.54. The summed E-state index contributed by atoms with van der Waals surface area (Å²) in [6, 6.07) is 2.86. The maximum atomic E-state index is 13.0. The van der Waals surface area contributed by atoms with Crippen LogP contribution in [-0.2, 0) is 11.2 Å². The molecule has 1 aromatic heterocycles.